The van der Waals surface area contributed by atoms with Gasteiger partial charge in [0.25, 0.3) is 0 Å². The van der Waals surface area contributed by atoms with E-state index in [0.29, 0.717) is 6.54 Å². The Balaban J connectivity index is 2.11. The van der Waals surface area contributed by atoms with Crippen LogP contribution in [-0.2, 0) is 6.54 Å². The first kappa shape index (κ1) is 11.6. The molecule has 0 aliphatic carbocycles. The molecule has 5 nitrogen and oxygen atoms in total. The summed E-state index contributed by atoms with van der Waals surface area (Å²) >= 11 is 0. The molecule has 0 saturated carbocycles. The molecule has 0 aliphatic heterocycles. The predicted molar refractivity (Wildman–Crippen MR) is 62.7 cm³/mol. The van der Waals surface area contributed by atoms with E-state index in [0.717, 1.165) is 17.0 Å². The number of benzene rings is 1. The lowest BCUT2D eigenvalue weighted by molar-refractivity contribution is 0.150. The van der Waals surface area contributed by atoms with Crippen LogP contribution in [0.5, 0.6) is 5.75 Å². The SMILES string of the molecule is COc1cccc(C(O)Cn2cc(C)nn2)c1. The molecule has 2 rings (SSSR count). The zero-order chi connectivity index (χ0) is 12.3. The maximum atomic E-state index is 10.1. The number of methoxy groups -OCH3 is 1. The number of ether oxygens (including phenoxy) is 1. The summed E-state index contributed by atoms with van der Waals surface area (Å²) in [5.41, 5.74) is 1.64. The van der Waals surface area contributed by atoms with Gasteiger partial charge in [0.05, 0.1) is 25.5 Å². The Kier molecular flexibility index (Phi) is 3.39. The Hall–Kier alpha value is -1.88. The summed E-state index contributed by atoms with van der Waals surface area (Å²) in [5.74, 6) is 0.733. The first-order valence-electron chi connectivity index (χ1n) is 5.38. The molecule has 5 heteroatoms. The Labute approximate surface area is 99.7 Å². The minimum Gasteiger partial charge on any atom is -0.497 e. The molecular formula is C12H15N3O2. The van der Waals surface area contributed by atoms with Gasteiger partial charge in [-0.15, -0.1) is 5.10 Å². The number of nitrogens with zero attached hydrogens (tertiary/aromatic N) is 3. The number of aryl methyl sites for hydroxylation is 1. The van der Waals surface area contributed by atoms with Gasteiger partial charge in [-0.2, -0.15) is 0 Å². The highest BCUT2D eigenvalue weighted by atomic mass is 16.5. The van der Waals surface area contributed by atoms with Crippen LogP contribution in [0.2, 0.25) is 0 Å². The molecule has 1 atom stereocenters. The maximum absolute atomic E-state index is 10.1. The monoisotopic (exact) mass is 233 g/mol. The average Bonchev–Trinajstić information content (AvgIpc) is 2.75. The first-order valence-corrected chi connectivity index (χ1v) is 5.38. The number of rotatable bonds is 4. The van der Waals surface area contributed by atoms with E-state index in [9.17, 15) is 5.11 Å². The summed E-state index contributed by atoms with van der Waals surface area (Å²) < 4.78 is 6.74. The first-order chi connectivity index (χ1) is 8.19. The van der Waals surface area contributed by atoms with E-state index in [1.807, 2.05) is 31.2 Å². The zero-order valence-corrected chi connectivity index (χ0v) is 9.87. The van der Waals surface area contributed by atoms with Gasteiger partial charge in [0.1, 0.15) is 5.75 Å². The molecular weight excluding hydrogens is 218 g/mol. The fraction of sp³-hybridized carbons (Fsp3) is 0.333. The van der Waals surface area contributed by atoms with Gasteiger partial charge in [-0.3, -0.25) is 0 Å². The van der Waals surface area contributed by atoms with Crippen molar-refractivity contribution in [2.24, 2.45) is 0 Å². The predicted octanol–water partition coefficient (Wildman–Crippen LogP) is 1.33. The van der Waals surface area contributed by atoms with E-state index >= 15 is 0 Å². The van der Waals surface area contributed by atoms with Crippen LogP contribution in [0.1, 0.15) is 17.4 Å². The molecule has 17 heavy (non-hydrogen) atoms. The third-order valence-electron chi connectivity index (χ3n) is 2.49. The van der Waals surface area contributed by atoms with Gasteiger partial charge in [-0.1, -0.05) is 17.3 Å². The van der Waals surface area contributed by atoms with Crippen LogP contribution in [0.25, 0.3) is 0 Å². The number of aromatic nitrogens is 3. The minimum atomic E-state index is -0.619. The van der Waals surface area contributed by atoms with Crippen LogP contribution in [0.15, 0.2) is 30.5 Å². The smallest absolute Gasteiger partial charge is 0.119 e. The summed E-state index contributed by atoms with van der Waals surface area (Å²) in [4.78, 5) is 0. The van der Waals surface area contributed by atoms with Gasteiger partial charge in [-0.05, 0) is 24.6 Å². The Morgan fingerprint density at radius 3 is 2.94 bits per heavy atom. The van der Waals surface area contributed by atoms with Gasteiger partial charge in [-0.25, -0.2) is 4.68 Å². The van der Waals surface area contributed by atoms with Crippen molar-refractivity contribution in [2.75, 3.05) is 7.11 Å². The highest BCUT2D eigenvalue weighted by molar-refractivity contribution is 5.29. The molecule has 0 amide bonds. The second kappa shape index (κ2) is 4.97. The number of hydrogen-bond donors (Lipinski definition) is 1. The molecule has 1 heterocycles. The van der Waals surface area contributed by atoms with Crippen molar-refractivity contribution in [3.63, 3.8) is 0 Å². The molecule has 0 saturated heterocycles. The van der Waals surface area contributed by atoms with Gasteiger partial charge < -0.3 is 9.84 Å². The lowest BCUT2D eigenvalue weighted by Crippen LogP contribution is -2.09. The normalized spacial score (nSPS) is 12.4. The second-order valence-corrected chi connectivity index (χ2v) is 3.87. The molecule has 0 fully saturated rings. The van der Waals surface area contributed by atoms with Gasteiger partial charge >= 0.3 is 0 Å². The van der Waals surface area contributed by atoms with Crippen molar-refractivity contribution in [1.29, 1.82) is 0 Å². The van der Waals surface area contributed by atoms with Crippen LogP contribution in [0.3, 0.4) is 0 Å². The molecule has 1 aromatic carbocycles. The highest BCUT2D eigenvalue weighted by Gasteiger charge is 2.10. The fourth-order valence-electron chi connectivity index (χ4n) is 1.62. The highest BCUT2D eigenvalue weighted by Crippen LogP contribution is 2.20. The Morgan fingerprint density at radius 1 is 1.47 bits per heavy atom. The van der Waals surface area contributed by atoms with E-state index < -0.39 is 6.10 Å². The maximum Gasteiger partial charge on any atom is 0.119 e. The van der Waals surface area contributed by atoms with Crippen LogP contribution >= 0.6 is 0 Å². The number of aliphatic hydroxyl groups excluding tert-OH is 1. The summed E-state index contributed by atoms with van der Waals surface area (Å²) in [7, 11) is 1.60. The van der Waals surface area contributed by atoms with Gasteiger partial charge in [0, 0.05) is 6.20 Å². The summed E-state index contributed by atoms with van der Waals surface area (Å²) in [5, 5.41) is 17.8. The molecule has 1 aromatic heterocycles. The number of hydrogen-bond acceptors (Lipinski definition) is 4. The summed E-state index contributed by atoms with van der Waals surface area (Å²) in [6.45, 7) is 2.25. The van der Waals surface area contributed by atoms with E-state index in [-0.39, 0.29) is 0 Å². The third-order valence-corrected chi connectivity index (χ3v) is 2.49. The molecule has 1 N–H and O–H groups in total. The van der Waals surface area contributed by atoms with Crippen molar-refractivity contribution in [3.05, 3.63) is 41.7 Å². The molecule has 0 aliphatic rings. The minimum absolute atomic E-state index is 0.383. The van der Waals surface area contributed by atoms with Crippen molar-refractivity contribution in [2.45, 2.75) is 19.6 Å². The van der Waals surface area contributed by atoms with Crippen molar-refractivity contribution < 1.29 is 9.84 Å². The Morgan fingerprint density at radius 2 is 2.29 bits per heavy atom. The van der Waals surface area contributed by atoms with Crippen molar-refractivity contribution in [1.82, 2.24) is 15.0 Å². The largest absolute Gasteiger partial charge is 0.497 e. The standard InChI is InChI=1S/C12H15N3O2/c1-9-7-15(14-13-9)8-12(16)10-4-3-5-11(6-10)17-2/h3-7,12,16H,8H2,1-2H3. The third kappa shape index (κ3) is 2.82. The van der Waals surface area contributed by atoms with E-state index in [1.54, 1.807) is 18.0 Å². The fourth-order valence-corrected chi connectivity index (χ4v) is 1.62. The Bertz CT molecular complexity index is 496. The van der Waals surface area contributed by atoms with Crippen LogP contribution < -0.4 is 4.74 Å². The quantitative estimate of drug-likeness (QED) is 0.865. The lowest BCUT2D eigenvalue weighted by Gasteiger charge is -2.11. The molecule has 0 radical (unpaired) electrons. The molecule has 0 bridgehead atoms. The zero-order valence-electron chi connectivity index (χ0n) is 9.87. The van der Waals surface area contributed by atoms with E-state index in [2.05, 4.69) is 10.3 Å². The van der Waals surface area contributed by atoms with Crippen LogP contribution in [0, 0.1) is 6.92 Å². The summed E-state index contributed by atoms with van der Waals surface area (Å²) in [6.07, 6.45) is 1.18. The topological polar surface area (TPSA) is 60.2 Å². The molecule has 1 unspecified atom stereocenters. The van der Waals surface area contributed by atoms with Gasteiger partial charge in [0.15, 0.2) is 0 Å². The number of aliphatic hydroxyl groups is 1. The molecule has 0 spiro atoms. The van der Waals surface area contributed by atoms with E-state index in [4.69, 9.17) is 4.74 Å². The van der Waals surface area contributed by atoms with Crippen LogP contribution in [0.4, 0.5) is 0 Å². The van der Waals surface area contributed by atoms with E-state index in [1.165, 1.54) is 0 Å². The van der Waals surface area contributed by atoms with Gasteiger partial charge in [0.2, 0.25) is 0 Å². The summed E-state index contributed by atoms with van der Waals surface area (Å²) in [6, 6.07) is 7.37. The average molecular weight is 233 g/mol. The van der Waals surface area contributed by atoms with Crippen molar-refractivity contribution >= 4 is 0 Å². The van der Waals surface area contributed by atoms with Crippen molar-refractivity contribution in [3.8, 4) is 5.75 Å². The van der Waals surface area contributed by atoms with Crippen LogP contribution in [-0.4, -0.2) is 27.2 Å². The molecule has 2 aromatic rings. The second-order valence-electron chi connectivity index (χ2n) is 3.87. The molecule has 90 valence electrons. The lowest BCUT2D eigenvalue weighted by atomic mass is 10.1.